The molecule has 0 radical (unpaired) electrons. The summed E-state index contributed by atoms with van der Waals surface area (Å²) in [5, 5.41) is 11.6. The summed E-state index contributed by atoms with van der Waals surface area (Å²) in [5.41, 5.74) is 0.721. The summed E-state index contributed by atoms with van der Waals surface area (Å²) >= 11 is 1.29. The third kappa shape index (κ3) is 4.24. The molecule has 21 heavy (non-hydrogen) atoms. The predicted octanol–water partition coefficient (Wildman–Crippen LogP) is 3.77. The van der Waals surface area contributed by atoms with E-state index in [-0.39, 0.29) is 11.8 Å². The van der Waals surface area contributed by atoms with E-state index in [1.165, 1.54) is 11.8 Å². The molecule has 0 aromatic heterocycles. The number of amides is 1. The number of para-hydroxylation sites is 1. The lowest BCUT2D eigenvalue weighted by Gasteiger charge is -2.16. The Bertz CT molecular complexity index is 512. The first-order chi connectivity index (χ1) is 10.1. The van der Waals surface area contributed by atoms with Crippen LogP contribution >= 0.6 is 11.8 Å². The minimum absolute atomic E-state index is 0.0592. The number of carbonyl (C=O) groups is 2. The van der Waals surface area contributed by atoms with Crippen molar-refractivity contribution in [3.05, 3.63) is 24.3 Å². The fraction of sp³-hybridized carbons (Fsp3) is 0.500. The van der Waals surface area contributed by atoms with Gasteiger partial charge in [0.15, 0.2) is 0 Å². The molecule has 1 unspecified atom stereocenters. The molecule has 0 aliphatic heterocycles. The summed E-state index contributed by atoms with van der Waals surface area (Å²) in [6.07, 6.45) is 4.68. The van der Waals surface area contributed by atoms with Gasteiger partial charge in [-0.25, -0.2) is 0 Å². The highest BCUT2D eigenvalue weighted by atomic mass is 32.2. The maximum atomic E-state index is 12.2. The van der Waals surface area contributed by atoms with E-state index in [0.29, 0.717) is 6.42 Å². The van der Waals surface area contributed by atoms with Gasteiger partial charge in [0.1, 0.15) is 5.25 Å². The number of rotatable bonds is 6. The van der Waals surface area contributed by atoms with Crippen molar-refractivity contribution in [1.29, 1.82) is 0 Å². The smallest absolute Gasteiger partial charge is 0.316 e. The molecule has 1 fully saturated rings. The first-order valence-electron chi connectivity index (χ1n) is 7.41. The maximum absolute atomic E-state index is 12.2. The fourth-order valence-corrected chi connectivity index (χ4v) is 3.53. The predicted molar refractivity (Wildman–Crippen MR) is 84.6 cm³/mol. The Morgan fingerprint density at radius 1 is 1.33 bits per heavy atom. The topological polar surface area (TPSA) is 66.4 Å². The Labute approximate surface area is 129 Å². The van der Waals surface area contributed by atoms with Crippen molar-refractivity contribution < 1.29 is 14.7 Å². The van der Waals surface area contributed by atoms with Gasteiger partial charge in [-0.15, -0.1) is 11.8 Å². The first-order valence-corrected chi connectivity index (χ1v) is 8.29. The lowest BCUT2D eigenvalue weighted by molar-refractivity contribution is -0.136. The zero-order valence-electron chi connectivity index (χ0n) is 12.2. The number of hydrogen-bond acceptors (Lipinski definition) is 3. The Kier molecular flexibility index (Phi) is 5.67. The molecule has 1 atom stereocenters. The number of aliphatic carboxylic acids is 1. The zero-order chi connectivity index (χ0) is 15.2. The molecule has 1 aromatic rings. The van der Waals surface area contributed by atoms with Crippen LogP contribution in [-0.4, -0.2) is 22.2 Å². The van der Waals surface area contributed by atoms with E-state index >= 15 is 0 Å². The van der Waals surface area contributed by atoms with E-state index in [9.17, 15) is 14.7 Å². The second kappa shape index (κ2) is 7.50. The summed E-state index contributed by atoms with van der Waals surface area (Å²) in [4.78, 5) is 24.2. The molecule has 2 rings (SSSR count). The molecule has 1 saturated carbocycles. The second-order valence-corrected chi connectivity index (χ2v) is 6.56. The number of carboxylic acid groups (broad SMARTS) is 1. The normalized spacial score (nSPS) is 16.6. The monoisotopic (exact) mass is 307 g/mol. The number of carboxylic acids is 1. The van der Waals surface area contributed by atoms with Crippen LogP contribution in [0.3, 0.4) is 0 Å². The average molecular weight is 307 g/mol. The molecule has 114 valence electrons. The van der Waals surface area contributed by atoms with Gasteiger partial charge in [0.25, 0.3) is 0 Å². The van der Waals surface area contributed by atoms with Crippen LogP contribution in [0.5, 0.6) is 0 Å². The fourth-order valence-electron chi connectivity index (χ4n) is 2.56. The van der Waals surface area contributed by atoms with Crippen molar-refractivity contribution in [3.8, 4) is 0 Å². The van der Waals surface area contributed by atoms with Crippen LogP contribution in [0.1, 0.15) is 39.0 Å². The van der Waals surface area contributed by atoms with Crippen molar-refractivity contribution in [1.82, 2.24) is 0 Å². The maximum Gasteiger partial charge on any atom is 0.316 e. The molecule has 1 aliphatic rings. The van der Waals surface area contributed by atoms with Crippen LogP contribution in [0.25, 0.3) is 0 Å². The molecule has 1 aromatic carbocycles. The first kappa shape index (κ1) is 15.9. The Morgan fingerprint density at radius 3 is 2.62 bits per heavy atom. The van der Waals surface area contributed by atoms with E-state index in [1.54, 1.807) is 0 Å². The summed E-state index contributed by atoms with van der Waals surface area (Å²) in [7, 11) is 0. The number of anilines is 1. The third-order valence-electron chi connectivity index (χ3n) is 3.79. The van der Waals surface area contributed by atoms with E-state index in [0.717, 1.165) is 36.3 Å². The van der Waals surface area contributed by atoms with Gasteiger partial charge < -0.3 is 10.4 Å². The number of carbonyl (C=O) groups excluding carboxylic acids is 1. The summed E-state index contributed by atoms with van der Waals surface area (Å²) in [5.74, 6) is -0.659. The number of benzene rings is 1. The molecule has 5 heteroatoms. The molecule has 0 bridgehead atoms. The SMILES string of the molecule is CCC(Sc1ccccc1NC(=O)C1CCCC1)C(=O)O. The Morgan fingerprint density at radius 2 is 2.00 bits per heavy atom. The average Bonchev–Trinajstić information content (AvgIpc) is 3.00. The molecule has 1 aliphatic carbocycles. The highest BCUT2D eigenvalue weighted by Crippen LogP contribution is 2.33. The molecule has 2 N–H and O–H groups in total. The van der Waals surface area contributed by atoms with Crippen LogP contribution in [0.4, 0.5) is 5.69 Å². The molecule has 0 saturated heterocycles. The van der Waals surface area contributed by atoms with E-state index in [2.05, 4.69) is 5.32 Å². The highest BCUT2D eigenvalue weighted by molar-refractivity contribution is 8.00. The van der Waals surface area contributed by atoms with E-state index < -0.39 is 11.2 Å². The summed E-state index contributed by atoms with van der Waals surface area (Å²) in [6.45, 7) is 1.85. The van der Waals surface area contributed by atoms with Crippen molar-refractivity contribution in [2.45, 2.75) is 49.2 Å². The minimum Gasteiger partial charge on any atom is -0.480 e. The molecular weight excluding hydrogens is 286 g/mol. The van der Waals surface area contributed by atoms with Crippen LogP contribution in [0.2, 0.25) is 0 Å². The zero-order valence-corrected chi connectivity index (χ0v) is 13.0. The van der Waals surface area contributed by atoms with Crippen molar-refractivity contribution >= 4 is 29.3 Å². The lowest BCUT2D eigenvalue weighted by atomic mass is 10.1. The standard InChI is InChI=1S/C16H21NO3S/c1-2-13(16(19)20)21-14-10-6-5-9-12(14)17-15(18)11-7-3-4-8-11/h5-6,9-11,13H,2-4,7-8H2,1H3,(H,17,18)(H,19,20). The van der Waals surface area contributed by atoms with Crippen molar-refractivity contribution in [2.24, 2.45) is 5.92 Å². The van der Waals surface area contributed by atoms with Crippen LogP contribution in [-0.2, 0) is 9.59 Å². The quantitative estimate of drug-likeness (QED) is 0.785. The molecular formula is C16H21NO3S. The third-order valence-corrected chi connectivity index (χ3v) is 5.22. The van der Waals surface area contributed by atoms with Gasteiger partial charge in [0.2, 0.25) is 5.91 Å². The lowest BCUT2D eigenvalue weighted by Crippen LogP contribution is -2.21. The Balaban J connectivity index is 2.09. The largest absolute Gasteiger partial charge is 0.480 e. The van der Waals surface area contributed by atoms with Gasteiger partial charge in [-0.1, -0.05) is 31.9 Å². The summed E-state index contributed by atoms with van der Waals surface area (Å²) in [6, 6.07) is 7.42. The van der Waals surface area contributed by atoms with E-state index in [4.69, 9.17) is 0 Å². The van der Waals surface area contributed by atoms with Gasteiger partial charge in [0, 0.05) is 10.8 Å². The number of hydrogen-bond donors (Lipinski definition) is 2. The van der Waals surface area contributed by atoms with Gasteiger partial charge in [-0.2, -0.15) is 0 Å². The van der Waals surface area contributed by atoms with Gasteiger partial charge in [-0.05, 0) is 31.4 Å². The molecule has 1 amide bonds. The number of thioether (sulfide) groups is 1. The van der Waals surface area contributed by atoms with Crippen molar-refractivity contribution in [3.63, 3.8) is 0 Å². The van der Waals surface area contributed by atoms with Gasteiger partial charge in [0.05, 0.1) is 5.69 Å². The van der Waals surface area contributed by atoms with Crippen LogP contribution in [0.15, 0.2) is 29.2 Å². The summed E-state index contributed by atoms with van der Waals surface area (Å²) < 4.78 is 0. The molecule has 0 heterocycles. The van der Waals surface area contributed by atoms with Crippen molar-refractivity contribution in [2.75, 3.05) is 5.32 Å². The highest BCUT2D eigenvalue weighted by Gasteiger charge is 2.24. The van der Waals surface area contributed by atoms with Gasteiger partial charge in [-0.3, -0.25) is 9.59 Å². The number of nitrogens with one attached hydrogen (secondary N) is 1. The van der Waals surface area contributed by atoms with Crippen LogP contribution in [0, 0.1) is 5.92 Å². The Hall–Kier alpha value is -1.49. The molecule has 0 spiro atoms. The van der Waals surface area contributed by atoms with Crippen LogP contribution < -0.4 is 5.32 Å². The van der Waals surface area contributed by atoms with E-state index in [1.807, 2.05) is 31.2 Å². The minimum atomic E-state index is -0.820. The second-order valence-electron chi connectivity index (χ2n) is 5.32. The van der Waals surface area contributed by atoms with Gasteiger partial charge >= 0.3 is 5.97 Å². The molecule has 4 nitrogen and oxygen atoms in total.